The van der Waals surface area contributed by atoms with Gasteiger partial charge in [-0.25, -0.2) is 18.9 Å². The van der Waals surface area contributed by atoms with Gasteiger partial charge in [0, 0.05) is 4.47 Å². The van der Waals surface area contributed by atoms with Crippen LogP contribution in [0.25, 0.3) is 6.08 Å². The van der Waals surface area contributed by atoms with E-state index in [0.29, 0.717) is 14.9 Å². The van der Waals surface area contributed by atoms with Gasteiger partial charge in [0.15, 0.2) is 18.1 Å². The summed E-state index contributed by atoms with van der Waals surface area (Å²) < 4.78 is 29.5. The SMILES string of the molecule is CCOC(=O)COc1cc(Br)c(/C=C2\C(=O)NC(=O)N(c3cccc(F)c3)C2=O)cc1OC. The number of carbonyl (C=O) groups is 4. The Bertz CT molecular complexity index is 1170. The monoisotopic (exact) mass is 520 g/mol. The van der Waals surface area contributed by atoms with Crippen LogP contribution in [0.3, 0.4) is 0 Å². The van der Waals surface area contributed by atoms with Gasteiger partial charge in [0.2, 0.25) is 0 Å². The molecule has 1 aliphatic heterocycles. The molecule has 1 aliphatic rings. The Morgan fingerprint density at radius 2 is 1.94 bits per heavy atom. The number of benzene rings is 2. The minimum atomic E-state index is -0.993. The highest BCUT2D eigenvalue weighted by Gasteiger charge is 2.37. The number of urea groups is 1. The number of ether oxygens (including phenoxy) is 3. The predicted molar refractivity (Wildman–Crippen MR) is 118 cm³/mol. The van der Waals surface area contributed by atoms with E-state index in [2.05, 4.69) is 21.2 Å². The average Bonchev–Trinajstić information content (AvgIpc) is 2.76. The van der Waals surface area contributed by atoms with Crippen molar-refractivity contribution in [3.8, 4) is 11.5 Å². The van der Waals surface area contributed by atoms with E-state index < -0.39 is 29.6 Å². The van der Waals surface area contributed by atoms with Crippen molar-refractivity contribution in [1.82, 2.24) is 5.32 Å². The number of nitrogens with zero attached hydrogens (tertiary/aromatic N) is 1. The van der Waals surface area contributed by atoms with Crippen LogP contribution < -0.4 is 19.7 Å². The summed E-state index contributed by atoms with van der Waals surface area (Å²) in [5.74, 6) is -2.62. The lowest BCUT2D eigenvalue weighted by Gasteiger charge is -2.26. The van der Waals surface area contributed by atoms with Crippen molar-refractivity contribution in [2.24, 2.45) is 0 Å². The third-order valence-corrected chi connectivity index (χ3v) is 5.09. The minimum absolute atomic E-state index is 0.0322. The first-order valence-corrected chi connectivity index (χ1v) is 10.4. The lowest BCUT2D eigenvalue weighted by molar-refractivity contribution is -0.145. The van der Waals surface area contributed by atoms with Crippen LogP contribution in [-0.4, -0.2) is 44.1 Å². The summed E-state index contributed by atoms with van der Waals surface area (Å²) in [5, 5.41) is 2.07. The Hall–Kier alpha value is -3.73. The Balaban J connectivity index is 1.95. The highest BCUT2D eigenvalue weighted by Crippen LogP contribution is 2.35. The van der Waals surface area contributed by atoms with Crippen molar-refractivity contribution in [2.75, 3.05) is 25.2 Å². The van der Waals surface area contributed by atoms with Gasteiger partial charge >= 0.3 is 12.0 Å². The molecule has 2 aromatic rings. The van der Waals surface area contributed by atoms with Gasteiger partial charge in [-0.3, -0.25) is 14.9 Å². The van der Waals surface area contributed by atoms with Gasteiger partial charge in [0.05, 0.1) is 19.4 Å². The maximum atomic E-state index is 13.6. The second kappa shape index (κ2) is 10.3. The van der Waals surface area contributed by atoms with Gasteiger partial charge in [-0.05, 0) is 48.9 Å². The Labute approximate surface area is 196 Å². The number of methoxy groups -OCH3 is 1. The lowest BCUT2D eigenvalue weighted by atomic mass is 10.1. The second-order valence-electron chi connectivity index (χ2n) is 6.56. The Kier molecular flexibility index (Phi) is 7.44. The molecule has 1 fully saturated rings. The van der Waals surface area contributed by atoms with E-state index in [9.17, 15) is 23.6 Å². The summed E-state index contributed by atoms with van der Waals surface area (Å²) >= 11 is 3.33. The van der Waals surface area contributed by atoms with Crippen molar-refractivity contribution in [3.05, 3.63) is 57.8 Å². The molecular weight excluding hydrogens is 503 g/mol. The number of barbiturate groups is 1. The molecule has 9 nitrogen and oxygen atoms in total. The van der Waals surface area contributed by atoms with E-state index in [0.717, 1.165) is 12.1 Å². The number of hydrogen-bond donors (Lipinski definition) is 1. The first kappa shape index (κ1) is 23.9. The molecule has 0 unspecified atom stereocenters. The van der Waals surface area contributed by atoms with Crippen molar-refractivity contribution in [1.29, 1.82) is 0 Å². The fourth-order valence-corrected chi connectivity index (χ4v) is 3.37. The first-order chi connectivity index (χ1) is 15.7. The maximum absolute atomic E-state index is 13.6. The van der Waals surface area contributed by atoms with Crippen LogP contribution in [0.5, 0.6) is 11.5 Å². The van der Waals surface area contributed by atoms with Gasteiger partial charge in [-0.2, -0.15) is 0 Å². The Morgan fingerprint density at radius 3 is 2.61 bits per heavy atom. The zero-order chi connectivity index (χ0) is 24.1. The molecule has 0 aliphatic carbocycles. The Morgan fingerprint density at radius 1 is 1.18 bits per heavy atom. The van der Waals surface area contributed by atoms with Gasteiger partial charge in [-0.1, -0.05) is 22.0 Å². The molecule has 33 heavy (non-hydrogen) atoms. The zero-order valence-corrected chi connectivity index (χ0v) is 19.1. The van der Waals surface area contributed by atoms with Crippen LogP contribution in [0.4, 0.5) is 14.9 Å². The molecule has 172 valence electrons. The van der Waals surface area contributed by atoms with Crippen LogP contribution >= 0.6 is 15.9 Å². The molecular formula is C22H18BrFN2O7. The molecule has 1 heterocycles. The minimum Gasteiger partial charge on any atom is -0.493 e. The van der Waals surface area contributed by atoms with Gasteiger partial charge in [0.1, 0.15) is 11.4 Å². The molecule has 11 heteroatoms. The van der Waals surface area contributed by atoms with Gasteiger partial charge in [0.25, 0.3) is 11.8 Å². The van der Waals surface area contributed by atoms with Crippen molar-refractivity contribution >= 4 is 51.5 Å². The average molecular weight is 521 g/mol. The van der Waals surface area contributed by atoms with Crippen LogP contribution in [-0.2, 0) is 19.1 Å². The number of esters is 1. The first-order valence-electron chi connectivity index (χ1n) is 9.58. The van der Waals surface area contributed by atoms with Crippen molar-refractivity contribution in [2.45, 2.75) is 6.92 Å². The number of nitrogens with one attached hydrogen (secondary N) is 1. The maximum Gasteiger partial charge on any atom is 0.344 e. The topological polar surface area (TPSA) is 111 Å². The molecule has 0 aromatic heterocycles. The molecule has 0 radical (unpaired) electrons. The number of imide groups is 2. The summed E-state index contributed by atoms with van der Waals surface area (Å²) in [4.78, 5) is 49.8. The highest BCUT2D eigenvalue weighted by atomic mass is 79.9. The van der Waals surface area contributed by atoms with E-state index >= 15 is 0 Å². The van der Waals surface area contributed by atoms with E-state index in [4.69, 9.17) is 14.2 Å². The number of amides is 4. The normalized spacial score (nSPS) is 14.8. The summed E-state index contributed by atoms with van der Waals surface area (Å²) in [6.45, 7) is 1.53. The molecule has 3 rings (SSSR count). The van der Waals surface area contributed by atoms with Crippen LogP contribution in [0.15, 0.2) is 46.4 Å². The van der Waals surface area contributed by atoms with Crippen LogP contribution in [0.1, 0.15) is 12.5 Å². The van der Waals surface area contributed by atoms with E-state index in [-0.39, 0.29) is 36.0 Å². The molecule has 4 amide bonds. The number of hydrogen-bond acceptors (Lipinski definition) is 7. The quantitative estimate of drug-likeness (QED) is 0.339. The van der Waals surface area contributed by atoms with E-state index in [1.165, 1.54) is 37.5 Å². The van der Waals surface area contributed by atoms with E-state index in [1.807, 2.05) is 0 Å². The number of carbonyl (C=O) groups excluding carboxylic acids is 4. The largest absolute Gasteiger partial charge is 0.493 e. The third-order valence-electron chi connectivity index (χ3n) is 4.40. The molecule has 1 saturated heterocycles. The summed E-state index contributed by atoms with van der Waals surface area (Å²) in [6.07, 6.45) is 1.25. The fraction of sp³-hybridized carbons (Fsp3) is 0.182. The van der Waals surface area contributed by atoms with E-state index in [1.54, 1.807) is 6.92 Å². The standard InChI is InChI=1S/C22H18BrFN2O7/c1-3-32-19(27)11-33-18-10-16(23)12(8-17(18)31-2)7-15-20(28)25-22(30)26(21(15)29)14-6-4-5-13(24)9-14/h4-10H,3,11H2,1-2H3,(H,25,28,30)/b15-7+. The summed E-state index contributed by atoms with van der Waals surface area (Å²) in [7, 11) is 1.38. The van der Waals surface area contributed by atoms with Gasteiger partial charge < -0.3 is 14.2 Å². The number of rotatable bonds is 7. The van der Waals surface area contributed by atoms with Crippen molar-refractivity contribution < 1.29 is 37.8 Å². The van der Waals surface area contributed by atoms with Crippen molar-refractivity contribution in [3.63, 3.8) is 0 Å². The van der Waals surface area contributed by atoms with Gasteiger partial charge in [-0.15, -0.1) is 0 Å². The number of anilines is 1. The highest BCUT2D eigenvalue weighted by molar-refractivity contribution is 9.10. The zero-order valence-electron chi connectivity index (χ0n) is 17.5. The molecule has 2 aromatic carbocycles. The molecule has 0 saturated carbocycles. The number of halogens is 2. The van der Waals surface area contributed by atoms with Crippen LogP contribution in [0, 0.1) is 5.82 Å². The summed E-state index contributed by atoms with van der Waals surface area (Å²) in [5.41, 5.74) is -0.0422. The molecule has 0 spiro atoms. The predicted octanol–water partition coefficient (Wildman–Crippen LogP) is 3.21. The molecule has 0 bridgehead atoms. The lowest BCUT2D eigenvalue weighted by Crippen LogP contribution is -2.54. The molecule has 0 atom stereocenters. The second-order valence-corrected chi connectivity index (χ2v) is 7.41. The summed E-state index contributed by atoms with van der Waals surface area (Å²) in [6, 6.07) is 6.83. The molecule has 1 N–H and O–H groups in total. The fourth-order valence-electron chi connectivity index (χ4n) is 2.94. The third kappa shape index (κ3) is 5.37. The van der Waals surface area contributed by atoms with Crippen LogP contribution in [0.2, 0.25) is 0 Å². The smallest absolute Gasteiger partial charge is 0.344 e.